The van der Waals surface area contributed by atoms with Crippen LogP contribution in [0, 0.1) is 17.8 Å². The summed E-state index contributed by atoms with van der Waals surface area (Å²) < 4.78 is 19.7. The molecule has 1 saturated heterocycles. The molecule has 3 heterocycles. The van der Waals surface area contributed by atoms with Crippen LogP contribution in [0.2, 0.25) is 5.02 Å². The fourth-order valence-corrected chi connectivity index (χ4v) is 10.7. The first-order valence-corrected chi connectivity index (χ1v) is 20.5. The fraction of sp³-hybridized carbons (Fsp3) is 0.591. The third-order valence-corrected chi connectivity index (χ3v) is 13.7. The van der Waals surface area contributed by atoms with Gasteiger partial charge in [-0.2, -0.15) is 0 Å². The van der Waals surface area contributed by atoms with Crippen LogP contribution in [0.15, 0.2) is 48.7 Å². The average molecular weight is 742 g/mol. The summed E-state index contributed by atoms with van der Waals surface area (Å²) in [6, 6.07) is 14.6. The number of halogens is 1. The van der Waals surface area contributed by atoms with Gasteiger partial charge in [0.05, 0.1) is 19.8 Å². The van der Waals surface area contributed by atoms with Gasteiger partial charge in [0, 0.05) is 46.7 Å². The topological polar surface area (TPSA) is 93.2 Å². The molecule has 2 fully saturated rings. The van der Waals surface area contributed by atoms with Crippen LogP contribution in [0.4, 0.5) is 5.69 Å². The number of nitrogens with zero attached hydrogens (tertiary/aromatic N) is 2. The van der Waals surface area contributed by atoms with E-state index in [1.54, 1.807) is 0 Å². The van der Waals surface area contributed by atoms with E-state index in [-0.39, 0.29) is 5.41 Å². The first-order valence-electron chi connectivity index (χ1n) is 20.2. The maximum absolute atomic E-state index is 13.1. The molecule has 0 bridgehead atoms. The van der Waals surface area contributed by atoms with E-state index in [1.165, 1.54) is 48.1 Å². The number of rotatable bonds is 10. The molecule has 284 valence electrons. The number of aromatic nitrogens is 1. The Kier molecular flexibility index (Phi) is 10.3. The van der Waals surface area contributed by atoms with E-state index in [4.69, 9.17) is 25.8 Å². The van der Waals surface area contributed by atoms with Crippen molar-refractivity contribution in [3.8, 4) is 17.2 Å². The van der Waals surface area contributed by atoms with Gasteiger partial charge in [-0.25, -0.2) is 4.79 Å². The minimum atomic E-state index is -1.07. The number of ether oxygens (including phenoxy) is 3. The number of likely N-dealkylation sites (tertiary alicyclic amines) is 1. The molecule has 5 aliphatic rings. The van der Waals surface area contributed by atoms with Crippen LogP contribution in [0.25, 0.3) is 0 Å². The predicted molar refractivity (Wildman–Crippen MR) is 209 cm³/mol. The van der Waals surface area contributed by atoms with Crippen molar-refractivity contribution < 1.29 is 24.1 Å². The van der Waals surface area contributed by atoms with Gasteiger partial charge in [-0.3, -0.25) is 4.98 Å². The first-order chi connectivity index (χ1) is 25.6. The van der Waals surface area contributed by atoms with E-state index in [0.717, 1.165) is 68.1 Å². The molecule has 2 N–H and O–H groups in total. The van der Waals surface area contributed by atoms with Crippen molar-refractivity contribution in [1.82, 2.24) is 9.88 Å². The minimum Gasteiger partial charge on any atom is -0.493 e. The van der Waals surface area contributed by atoms with Gasteiger partial charge in [-0.1, -0.05) is 31.5 Å². The van der Waals surface area contributed by atoms with Gasteiger partial charge in [0.2, 0.25) is 0 Å². The molecule has 0 radical (unpaired) electrons. The number of nitrogens with one attached hydrogen (secondary N) is 1. The maximum Gasteiger partial charge on any atom is 0.329 e. The summed E-state index contributed by atoms with van der Waals surface area (Å²) >= 11 is 6.32. The van der Waals surface area contributed by atoms with Crippen molar-refractivity contribution in [3.63, 3.8) is 0 Å². The number of carboxylic acids is 1. The zero-order valence-corrected chi connectivity index (χ0v) is 32.4. The standard InChI is InChI=1S/C44H56ClN3O5/c1-28(25-51-38-12-17-46-37-11-4-7-29(2)41(37)38)19-33-20-32-21-39-40(53-27-31(26-52-39)24-48-18-6-8-30(48)3)23-36(32)43(33)13-15-44(16-14-43,42(49)50)47-35-10-5-9-34(45)22-35/h5,9-10,12,17,21-23,28-31,33,47H,4,6-8,11,13-16,18-20,24-27H2,1-3H3,(H,49,50)/t28-,29-,30+,31?,33+,43?,44?/m1/s1. The minimum absolute atomic E-state index is 0.169. The summed E-state index contributed by atoms with van der Waals surface area (Å²) in [4.78, 5) is 20.3. The van der Waals surface area contributed by atoms with Crippen LogP contribution >= 0.6 is 11.6 Å². The molecule has 9 heteroatoms. The SMILES string of the molecule is C[C@@H](COc1ccnc2c1[C@H](C)CCC2)C[C@H]1Cc2cc3c(cc2C12CCC(Nc1cccc(Cl)c1)(C(=O)O)CC2)OCC(CN1CCC[C@@H]1C)CO3. The second-order valence-corrected chi connectivity index (χ2v) is 17.6. The molecule has 3 aromatic rings. The lowest BCUT2D eigenvalue weighted by molar-refractivity contribution is -0.144. The largest absolute Gasteiger partial charge is 0.493 e. The summed E-state index contributed by atoms with van der Waals surface area (Å²) in [5.41, 5.74) is 4.63. The third kappa shape index (κ3) is 7.23. The Morgan fingerprint density at radius 1 is 1.08 bits per heavy atom. The molecule has 1 saturated carbocycles. The summed E-state index contributed by atoms with van der Waals surface area (Å²) in [7, 11) is 0. The molecular weight excluding hydrogens is 686 g/mol. The summed E-state index contributed by atoms with van der Waals surface area (Å²) in [6.45, 7) is 11.0. The Morgan fingerprint density at radius 2 is 1.87 bits per heavy atom. The Morgan fingerprint density at radius 3 is 2.60 bits per heavy atom. The van der Waals surface area contributed by atoms with Crippen molar-refractivity contribution in [1.29, 1.82) is 0 Å². The Hall–Kier alpha value is -3.49. The van der Waals surface area contributed by atoms with Crippen LogP contribution in [0.5, 0.6) is 17.2 Å². The predicted octanol–water partition coefficient (Wildman–Crippen LogP) is 9.07. The van der Waals surface area contributed by atoms with Crippen molar-refractivity contribution in [3.05, 3.63) is 76.1 Å². The molecule has 1 aromatic heterocycles. The molecule has 5 atom stereocenters. The molecule has 2 aromatic carbocycles. The first kappa shape index (κ1) is 36.5. The number of anilines is 1. The molecule has 8 nitrogen and oxygen atoms in total. The summed E-state index contributed by atoms with van der Waals surface area (Å²) in [5, 5.41) is 14.7. The zero-order chi connectivity index (χ0) is 36.7. The average Bonchev–Trinajstić information content (AvgIpc) is 3.59. The van der Waals surface area contributed by atoms with Crippen molar-refractivity contribution >= 4 is 23.3 Å². The van der Waals surface area contributed by atoms with Gasteiger partial charge >= 0.3 is 5.97 Å². The molecule has 53 heavy (non-hydrogen) atoms. The van der Waals surface area contributed by atoms with Gasteiger partial charge in [0.25, 0.3) is 0 Å². The van der Waals surface area contributed by atoms with E-state index in [9.17, 15) is 9.90 Å². The Bertz CT molecular complexity index is 1810. The molecule has 3 aliphatic carbocycles. The highest BCUT2D eigenvalue weighted by molar-refractivity contribution is 6.30. The van der Waals surface area contributed by atoms with E-state index >= 15 is 0 Å². The monoisotopic (exact) mass is 741 g/mol. The second-order valence-electron chi connectivity index (χ2n) is 17.1. The number of carboxylic acid groups (broad SMARTS) is 1. The number of aryl methyl sites for hydroxylation is 1. The van der Waals surface area contributed by atoms with Crippen LogP contribution in [0.3, 0.4) is 0 Å². The quantitative estimate of drug-likeness (QED) is 0.213. The van der Waals surface area contributed by atoms with Crippen LogP contribution < -0.4 is 19.5 Å². The highest BCUT2D eigenvalue weighted by atomic mass is 35.5. The van der Waals surface area contributed by atoms with E-state index in [1.807, 2.05) is 36.5 Å². The van der Waals surface area contributed by atoms with E-state index in [0.29, 0.717) is 67.4 Å². The molecular formula is C44H56ClN3O5. The van der Waals surface area contributed by atoms with Gasteiger partial charge in [0.1, 0.15) is 11.3 Å². The molecule has 1 unspecified atom stereocenters. The van der Waals surface area contributed by atoms with Crippen molar-refractivity contribution in [2.75, 3.05) is 38.2 Å². The summed E-state index contributed by atoms with van der Waals surface area (Å²) in [6.07, 6.45) is 12.3. The fourth-order valence-electron chi connectivity index (χ4n) is 10.5. The number of aliphatic carboxylic acids is 1. The van der Waals surface area contributed by atoms with Gasteiger partial charge < -0.3 is 29.5 Å². The third-order valence-electron chi connectivity index (χ3n) is 13.5. The van der Waals surface area contributed by atoms with Crippen molar-refractivity contribution in [2.45, 2.75) is 114 Å². The second kappa shape index (κ2) is 15.0. The lowest BCUT2D eigenvalue weighted by Gasteiger charge is -2.47. The molecule has 0 amide bonds. The van der Waals surface area contributed by atoms with Gasteiger partial charge in [-0.15, -0.1) is 0 Å². The molecule has 2 aliphatic heterocycles. The number of fused-ring (bicyclic) bond motifs is 4. The molecule has 8 rings (SSSR count). The zero-order valence-electron chi connectivity index (χ0n) is 31.7. The Balaban J connectivity index is 1.04. The number of benzene rings is 2. The number of carbonyl (C=O) groups is 1. The normalized spacial score (nSPS) is 30.0. The maximum atomic E-state index is 13.1. The summed E-state index contributed by atoms with van der Waals surface area (Å²) in [5.74, 6) is 3.29. The smallest absolute Gasteiger partial charge is 0.329 e. The van der Waals surface area contributed by atoms with Crippen LogP contribution in [-0.4, -0.2) is 65.5 Å². The lowest BCUT2D eigenvalue weighted by Crippen LogP contribution is -2.53. The van der Waals surface area contributed by atoms with Crippen LogP contribution in [0.1, 0.15) is 107 Å². The van der Waals surface area contributed by atoms with Gasteiger partial charge in [-0.05, 0) is 155 Å². The highest BCUT2D eigenvalue weighted by Gasteiger charge is 2.54. The highest BCUT2D eigenvalue weighted by Crippen LogP contribution is 2.58. The number of hydrogen-bond acceptors (Lipinski definition) is 7. The molecule has 1 spiro atoms. The van der Waals surface area contributed by atoms with Crippen LogP contribution in [-0.2, 0) is 23.1 Å². The Labute approximate surface area is 319 Å². The van der Waals surface area contributed by atoms with E-state index in [2.05, 4.69) is 48.1 Å². The number of hydrogen-bond donors (Lipinski definition) is 2. The van der Waals surface area contributed by atoms with Gasteiger partial charge in [0.15, 0.2) is 11.5 Å². The van der Waals surface area contributed by atoms with E-state index < -0.39 is 11.5 Å². The lowest BCUT2D eigenvalue weighted by atomic mass is 9.59. The van der Waals surface area contributed by atoms with Crippen molar-refractivity contribution in [2.24, 2.45) is 17.8 Å². The number of pyridine rings is 1.